The van der Waals surface area contributed by atoms with Crippen molar-refractivity contribution in [3.63, 3.8) is 0 Å². The number of aromatic nitrogens is 1. The standard InChI is InChI=1S/C26H29N3O4S/c1-4-17-7-6-8-18(5-2)26(17)28-23(30)14-29-21-13-19(9-10-22(21)33-15-25(29)31)20-16-34-24(27-20)11-12-32-3/h6-10,13,16H,4-5,11-12,14-15H2,1-3H3,(H,28,30). The predicted octanol–water partition coefficient (Wildman–Crippen LogP) is 4.49. The Balaban J connectivity index is 1.57. The van der Waals surface area contributed by atoms with Gasteiger partial charge in [0.25, 0.3) is 5.91 Å². The molecule has 1 aliphatic heterocycles. The third kappa shape index (κ3) is 5.13. The second kappa shape index (κ2) is 10.8. The fraction of sp³-hybridized carbons (Fsp3) is 0.346. The van der Waals surface area contributed by atoms with E-state index < -0.39 is 0 Å². The highest BCUT2D eigenvalue weighted by molar-refractivity contribution is 7.09. The van der Waals surface area contributed by atoms with Crippen LogP contribution >= 0.6 is 11.3 Å². The van der Waals surface area contributed by atoms with Gasteiger partial charge in [-0.25, -0.2) is 4.98 Å². The van der Waals surface area contributed by atoms with Crippen molar-refractivity contribution in [1.29, 1.82) is 0 Å². The molecule has 0 spiro atoms. The van der Waals surface area contributed by atoms with Crippen LogP contribution in [-0.4, -0.2) is 43.7 Å². The van der Waals surface area contributed by atoms with E-state index in [2.05, 4.69) is 24.1 Å². The van der Waals surface area contributed by atoms with E-state index in [1.54, 1.807) is 18.4 Å². The van der Waals surface area contributed by atoms with Crippen LogP contribution in [0.5, 0.6) is 5.75 Å². The number of nitrogens with zero attached hydrogens (tertiary/aromatic N) is 2. The summed E-state index contributed by atoms with van der Waals surface area (Å²) < 4.78 is 10.8. The SMILES string of the molecule is CCc1cccc(CC)c1NC(=O)CN1C(=O)COc2ccc(-c3csc(CCOC)n3)cc21. The maximum absolute atomic E-state index is 13.1. The Labute approximate surface area is 203 Å². The van der Waals surface area contributed by atoms with Gasteiger partial charge >= 0.3 is 0 Å². The summed E-state index contributed by atoms with van der Waals surface area (Å²) in [7, 11) is 1.67. The zero-order valence-corrected chi connectivity index (χ0v) is 20.5. The van der Waals surface area contributed by atoms with Gasteiger partial charge in [-0.05, 0) is 42.2 Å². The topological polar surface area (TPSA) is 80.8 Å². The van der Waals surface area contributed by atoms with Crippen molar-refractivity contribution >= 4 is 34.5 Å². The third-order valence-electron chi connectivity index (χ3n) is 5.83. The number of benzene rings is 2. The van der Waals surface area contributed by atoms with Crippen molar-refractivity contribution in [2.24, 2.45) is 0 Å². The minimum Gasteiger partial charge on any atom is -0.482 e. The molecule has 1 aromatic heterocycles. The molecule has 0 unspecified atom stereocenters. The highest BCUT2D eigenvalue weighted by Crippen LogP contribution is 2.36. The van der Waals surface area contributed by atoms with E-state index in [4.69, 9.17) is 9.47 Å². The fourth-order valence-electron chi connectivity index (χ4n) is 4.01. The molecule has 0 bridgehead atoms. The Kier molecular flexibility index (Phi) is 7.59. The molecule has 2 amide bonds. The largest absolute Gasteiger partial charge is 0.482 e. The Hall–Kier alpha value is -3.23. The van der Waals surface area contributed by atoms with Crippen LogP contribution in [0.25, 0.3) is 11.3 Å². The van der Waals surface area contributed by atoms with Crippen LogP contribution in [0.1, 0.15) is 30.0 Å². The Morgan fingerprint density at radius 2 is 1.97 bits per heavy atom. The molecule has 1 N–H and O–H groups in total. The fourth-order valence-corrected chi connectivity index (χ4v) is 4.80. The Morgan fingerprint density at radius 1 is 1.21 bits per heavy atom. The molecule has 178 valence electrons. The number of nitrogens with one attached hydrogen (secondary N) is 1. The molecule has 2 heterocycles. The normalized spacial score (nSPS) is 12.9. The number of methoxy groups -OCH3 is 1. The van der Waals surface area contributed by atoms with Gasteiger partial charge in [0.05, 0.1) is 23.0 Å². The van der Waals surface area contributed by atoms with E-state index in [0.29, 0.717) is 18.0 Å². The number of ether oxygens (including phenoxy) is 2. The van der Waals surface area contributed by atoms with Gasteiger partial charge in [-0.15, -0.1) is 11.3 Å². The minimum absolute atomic E-state index is 0.0873. The number of carbonyl (C=O) groups is 2. The average molecular weight is 480 g/mol. The lowest BCUT2D eigenvalue weighted by molar-refractivity contribution is -0.123. The van der Waals surface area contributed by atoms with Crippen LogP contribution in [0.4, 0.5) is 11.4 Å². The van der Waals surface area contributed by atoms with Crippen molar-refractivity contribution in [3.8, 4) is 17.0 Å². The number of fused-ring (bicyclic) bond motifs is 1. The number of anilines is 2. The van der Waals surface area contributed by atoms with E-state index in [0.717, 1.165) is 52.3 Å². The van der Waals surface area contributed by atoms with Gasteiger partial charge in [0, 0.05) is 30.2 Å². The highest BCUT2D eigenvalue weighted by atomic mass is 32.1. The van der Waals surface area contributed by atoms with Crippen LogP contribution in [-0.2, 0) is 33.6 Å². The van der Waals surface area contributed by atoms with Gasteiger partial charge in [-0.1, -0.05) is 32.0 Å². The van der Waals surface area contributed by atoms with Crippen LogP contribution < -0.4 is 15.0 Å². The number of aryl methyl sites for hydroxylation is 2. The molecule has 0 fully saturated rings. The van der Waals surface area contributed by atoms with Gasteiger partial charge in [-0.3, -0.25) is 14.5 Å². The molecular formula is C26H29N3O4S. The van der Waals surface area contributed by atoms with Crippen molar-refractivity contribution in [1.82, 2.24) is 4.98 Å². The lowest BCUT2D eigenvalue weighted by Gasteiger charge is -2.29. The number of rotatable bonds is 9. The summed E-state index contributed by atoms with van der Waals surface area (Å²) in [5.74, 6) is 0.0882. The first-order valence-electron chi connectivity index (χ1n) is 11.5. The quantitative estimate of drug-likeness (QED) is 0.489. The van der Waals surface area contributed by atoms with Crippen LogP contribution in [0.15, 0.2) is 41.8 Å². The van der Waals surface area contributed by atoms with Crippen LogP contribution in [0.3, 0.4) is 0 Å². The number of hydrogen-bond acceptors (Lipinski definition) is 6. The van der Waals surface area contributed by atoms with E-state index in [1.807, 2.05) is 41.8 Å². The molecular weight excluding hydrogens is 450 g/mol. The number of para-hydroxylation sites is 1. The summed E-state index contributed by atoms with van der Waals surface area (Å²) in [4.78, 5) is 32.0. The molecule has 0 saturated carbocycles. The minimum atomic E-state index is -0.252. The number of thiazole rings is 1. The highest BCUT2D eigenvalue weighted by Gasteiger charge is 2.28. The molecule has 0 saturated heterocycles. The summed E-state index contributed by atoms with van der Waals surface area (Å²) in [6, 6.07) is 11.7. The van der Waals surface area contributed by atoms with Gasteiger partial charge < -0.3 is 14.8 Å². The Morgan fingerprint density at radius 3 is 2.68 bits per heavy atom. The first-order valence-corrected chi connectivity index (χ1v) is 12.3. The van der Waals surface area contributed by atoms with E-state index in [-0.39, 0.29) is 25.0 Å². The third-order valence-corrected chi connectivity index (χ3v) is 6.74. The summed E-state index contributed by atoms with van der Waals surface area (Å²) in [6.07, 6.45) is 2.37. The van der Waals surface area contributed by atoms with Gasteiger partial charge in [-0.2, -0.15) is 0 Å². The first-order chi connectivity index (χ1) is 16.5. The maximum Gasteiger partial charge on any atom is 0.265 e. The number of carbonyl (C=O) groups excluding carboxylic acids is 2. The zero-order valence-electron chi connectivity index (χ0n) is 19.7. The molecule has 4 rings (SSSR count). The zero-order chi connectivity index (χ0) is 24.1. The predicted molar refractivity (Wildman–Crippen MR) is 135 cm³/mol. The maximum atomic E-state index is 13.1. The van der Waals surface area contributed by atoms with E-state index >= 15 is 0 Å². The smallest absolute Gasteiger partial charge is 0.265 e. The number of amides is 2. The van der Waals surface area contributed by atoms with Gasteiger partial charge in [0.15, 0.2) is 6.61 Å². The summed E-state index contributed by atoms with van der Waals surface area (Å²) in [6.45, 7) is 4.56. The first kappa shape index (κ1) is 23.9. The van der Waals surface area contributed by atoms with Crippen molar-refractivity contribution < 1.29 is 19.1 Å². The molecule has 3 aromatic rings. The second-order valence-corrected chi connectivity index (χ2v) is 8.97. The summed E-state index contributed by atoms with van der Waals surface area (Å²) >= 11 is 1.57. The van der Waals surface area contributed by atoms with Crippen molar-refractivity contribution in [2.45, 2.75) is 33.1 Å². The average Bonchev–Trinajstić information content (AvgIpc) is 3.33. The molecule has 8 heteroatoms. The van der Waals surface area contributed by atoms with Crippen LogP contribution in [0.2, 0.25) is 0 Å². The van der Waals surface area contributed by atoms with Crippen molar-refractivity contribution in [3.05, 3.63) is 57.9 Å². The van der Waals surface area contributed by atoms with Crippen LogP contribution in [0, 0.1) is 0 Å². The second-order valence-electron chi connectivity index (χ2n) is 8.03. The molecule has 1 aliphatic rings. The molecule has 0 atom stereocenters. The molecule has 2 aromatic carbocycles. The molecule has 0 aliphatic carbocycles. The molecule has 0 radical (unpaired) electrons. The van der Waals surface area contributed by atoms with Gasteiger partial charge in [0.2, 0.25) is 5.91 Å². The molecule has 34 heavy (non-hydrogen) atoms. The lowest BCUT2D eigenvalue weighted by Crippen LogP contribution is -2.43. The summed E-state index contributed by atoms with van der Waals surface area (Å²) in [5.41, 5.74) is 5.28. The lowest BCUT2D eigenvalue weighted by atomic mass is 10.0. The van der Waals surface area contributed by atoms with Gasteiger partial charge in [0.1, 0.15) is 12.3 Å². The number of hydrogen-bond donors (Lipinski definition) is 1. The van der Waals surface area contributed by atoms with Crippen molar-refractivity contribution in [2.75, 3.05) is 37.1 Å². The Bertz CT molecular complexity index is 1170. The monoisotopic (exact) mass is 479 g/mol. The van der Waals surface area contributed by atoms with E-state index in [1.165, 1.54) is 4.90 Å². The summed E-state index contributed by atoms with van der Waals surface area (Å²) in [5, 5.41) is 6.03. The molecule has 7 nitrogen and oxygen atoms in total. The van der Waals surface area contributed by atoms with E-state index in [9.17, 15) is 9.59 Å².